The lowest BCUT2D eigenvalue weighted by atomic mass is 9.77. The molecule has 0 heteroatoms. The van der Waals surface area contributed by atoms with E-state index in [1.165, 1.54) is 24.0 Å². The molecule has 80 valence electrons. The van der Waals surface area contributed by atoms with E-state index in [0.717, 1.165) is 0 Å². The number of hydrogen-bond acceptors (Lipinski definition) is 0. The first-order valence-electron chi connectivity index (χ1n) is 5.83. The summed E-state index contributed by atoms with van der Waals surface area (Å²) >= 11 is 0. The highest BCUT2D eigenvalue weighted by Gasteiger charge is 2.22. The molecule has 0 bridgehead atoms. The molecular weight excluding hydrogens is 180 g/mol. The first-order valence-corrected chi connectivity index (χ1v) is 5.83. The van der Waals surface area contributed by atoms with Crippen LogP contribution in [-0.2, 0) is 0 Å². The zero-order valence-electron chi connectivity index (χ0n) is 9.96. The molecule has 1 aliphatic carbocycles. The minimum absolute atomic E-state index is 0.404. The van der Waals surface area contributed by atoms with Crippen molar-refractivity contribution in [3.63, 3.8) is 0 Å². The predicted octanol–water partition coefficient (Wildman–Crippen LogP) is 4.45. The molecule has 15 heavy (non-hydrogen) atoms. The molecule has 0 heterocycles. The van der Waals surface area contributed by atoms with Crippen LogP contribution in [0.2, 0.25) is 0 Å². The third-order valence-corrected chi connectivity index (χ3v) is 3.38. The fourth-order valence-corrected chi connectivity index (χ4v) is 2.18. The van der Waals surface area contributed by atoms with Crippen LogP contribution in [-0.4, -0.2) is 0 Å². The van der Waals surface area contributed by atoms with Crippen molar-refractivity contribution in [3.8, 4) is 0 Å². The van der Waals surface area contributed by atoms with Crippen molar-refractivity contribution in [2.75, 3.05) is 0 Å². The Hall–Kier alpha value is -1.04. The Morgan fingerprint density at radius 1 is 1.13 bits per heavy atom. The second-order valence-corrected chi connectivity index (χ2v) is 5.40. The van der Waals surface area contributed by atoms with E-state index in [0.29, 0.717) is 11.3 Å². The van der Waals surface area contributed by atoms with Gasteiger partial charge in [0, 0.05) is 5.92 Å². The normalized spacial score (nSPS) is 24.1. The van der Waals surface area contributed by atoms with Gasteiger partial charge in [0.2, 0.25) is 0 Å². The quantitative estimate of drug-likeness (QED) is 0.587. The highest BCUT2D eigenvalue weighted by atomic mass is 14.3. The Labute approximate surface area is 93.0 Å². The first-order chi connectivity index (χ1) is 7.07. The summed E-state index contributed by atoms with van der Waals surface area (Å²) in [5.41, 5.74) is 3.22. The van der Waals surface area contributed by atoms with E-state index in [2.05, 4.69) is 57.2 Å². The molecule has 0 aliphatic heterocycles. The van der Waals surface area contributed by atoms with Crippen LogP contribution in [0.4, 0.5) is 0 Å². The Kier molecular flexibility index (Phi) is 2.68. The van der Waals surface area contributed by atoms with E-state index in [4.69, 9.17) is 0 Å². The Bertz CT molecular complexity index is 354. The minimum atomic E-state index is 0.404. The van der Waals surface area contributed by atoms with Gasteiger partial charge in [-0.2, -0.15) is 0 Å². The fraction of sp³-hybridized carbons (Fsp3) is 0.467. The van der Waals surface area contributed by atoms with Crippen molar-refractivity contribution in [2.45, 2.75) is 39.5 Å². The third kappa shape index (κ3) is 2.50. The topological polar surface area (TPSA) is 0 Å². The van der Waals surface area contributed by atoms with Crippen LogP contribution >= 0.6 is 0 Å². The molecule has 1 unspecified atom stereocenters. The summed E-state index contributed by atoms with van der Waals surface area (Å²) in [4.78, 5) is 0. The van der Waals surface area contributed by atoms with E-state index in [1.807, 2.05) is 0 Å². The molecule has 0 radical (unpaired) electrons. The molecule has 0 saturated heterocycles. The zero-order chi connectivity index (χ0) is 10.9. The summed E-state index contributed by atoms with van der Waals surface area (Å²) in [5.74, 6) is 0.638. The molecular formula is C15H20. The van der Waals surface area contributed by atoms with Crippen LogP contribution in [0.5, 0.6) is 0 Å². The van der Waals surface area contributed by atoms with Crippen LogP contribution in [0.3, 0.4) is 0 Å². The molecule has 1 aromatic rings. The second kappa shape index (κ2) is 3.84. The molecule has 0 amide bonds. The van der Waals surface area contributed by atoms with Crippen molar-refractivity contribution in [1.82, 2.24) is 0 Å². The summed E-state index contributed by atoms with van der Waals surface area (Å²) < 4.78 is 0. The van der Waals surface area contributed by atoms with Crippen LogP contribution in [0.1, 0.15) is 43.7 Å². The first kappa shape index (κ1) is 10.5. The van der Waals surface area contributed by atoms with E-state index in [9.17, 15) is 0 Å². The van der Waals surface area contributed by atoms with E-state index in [-0.39, 0.29) is 0 Å². The van der Waals surface area contributed by atoms with Gasteiger partial charge >= 0.3 is 0 Å². The van der Waals surface area contributed by atoms with Gasteiger partial charge in [0.15, 0.2) is 0 Å². The maximum atomic E-state index is 2.38. The van der Waals surface area contributed by atoms with Gasteiger partial charge < -0.3 is 0 Å². The molecule has 0 spiro atoms. The summed E-state index contributed by atoms with van der Waals surface area (Å²) in [6.07, 6.45) is 7.34. The molecule has 2 rings (SSSR count). The summed E-state index contributed by atoms with van der Waals surface area (Å²) in [6.45, 7) is 6.77. The Balaban J connectivity index is 2.17. The van der Waals surface area contributed by atoms with Crippen molar-refractivity contribution in [3.05, 3.63) is 47.5 Å². The van der Waals surface area contributed by atoms with Crippen molar-refractivity contribution < 1.29 is 0 Å². The molecule has 1 aliphatic rings. The summed E-state index contributed by atoms with van der Waals surface area (Å²) in [6, 6.07) is 8.96. The SMILES string of the molecule is Cc1ccc(C2C=CC(C)(C)CC2)cc1. The number of hydrogen-bond donors (Lipinski definition) is 0. The third-order valence-electron chi connectivity index (χ3n) is 3.38. The van der Waals surface area contributed by atoms with Gasteiger partial charge in [0.05, 0.1) is 0 Å². The average Bonchev–Trinajstić information content (AvgIpc) is 2.20. The molecule has 0 N–H and O–H groups in total. The standard InChI is InChI=1S/C15H20/c1-12-4-6-13(7-5-12)14-8-10-15(2,3)11-9-14/h4-8,10,14H,9,11H2,1-3H3. The number of allylic oxidation sites excluding steroid dienone is 2. The predicted molar refractivity (Wildman–Crippen MR) is 66.1 cm³/mol. The maximum Gasteiger partial charge on any atom is 0.00184 e. The minimum Gasteiger partial charge on any atom is -0.0822 e. The summed E-state index contributed by atoms with van der Waals surface area (Å²) in [5, 5.41) is 0. The smallest absolute Gasteiger partial charge is 0.00184 e. The lowest BCUT2D eigenvalue weighted by Gasteiger charge is -2.28. The molecule has 1 aromatic carbocycles. The molecule has 0 aromatic heterocycles. The maximum absolute atomic E-state index is 2.38. The van der Waals surface area contributed by atoms with Crippen LogP contribution in [0.15, 0.2) is 36.4 Å². The van der Waals surface area contributed by atoms with Crippen molar-refractivity contribution >= 4 is 0 Å². The van der Waals surface area contributed by atoms with Gasteiger partial charge in [0.25, 0.3) is 0 Å². The van der Waals surface area contributed by atoms with Gasteiger partial charge in [-0.05, 0) is 30.7 Å². The summed E-state index contributed by atoms with van der Waals surface area (Å²) in [7, 11) is 0. The molecule has 1 atom stereocenters. The van der Waals surface area contributed by atoms with Crippen LogP contribution in [0.25, 0.3) is 0 Å². The van der Waals surface area contributed by atoms with Gasteiger partial charge in [0.1, 0.15) is 0 Å². The number of aryl methyl sites for hydroxylation is 1. The van der Waals surface area contributed by atoms with Gasteiger partial charge in [-0.3, -0.25) is 0 Å². The molecule has 0 fully saturated rings. The molecule has 0 saturated carbocycles. The van der Waals surface area contributed by atoms with Gasteiger partial charge in [-0.1, -0.05) is 55.8 Å². The van der Waals surface area contributed by atoms with Crippen LogP contribution < -0.4 is 0 Å². The molecule has 0 nitrogen and oxygen atoms in total. The lowest BCUT2D eigenvalue weighted by molar-refractivity contribution is 0.389. The number of benzene rings is 1. The number of rotatable bonds is 1. The second-order valence-electron chi connectivity index (χ2n) is 5.40. The fourth-order valence-electron chi connectivity index (χ4n) is 2.18. The Morgan fingerprint density at radius 2 is 1.80 bits per heavy atom. The van der Waals surface area contributed by atoms with E-state index in [1.54, 1.807) is 0 Å². The van der Waals surface area contributed by atoms with Gasteiger partial charge in [-0.15, -0.1) is 0 Å². The van der Waals surface area contributed by atoms with Crippen LogP contribution in [0, 0.1) is 12.3 Å². The largest absolute Gasteiger partial charge is 0.0822 e. The highest BCUT2D eigenvalue weighted by molar-refractivity contribution is 5.28. The average molecular weight is 200 g/mol. The van der Waals surface area contributed by atoms with E-state index < -0.39 is 0 Å². The van der Waals surface area contributed by atoms with E-state index >= 15 is 0 Å². The van der Waals surface area contributed by atoms with Crippen molar-refractivity contribution in [2.24, 2.45) is 5.41 Å². The zero-order valence-corrected chi connectivity index (χ0v) is 9.96. The monoisotopic (exact) mass is 200 g/mol. The highest BCUT2D eigenvalue weighted by Crippen LogP contribution is 2.36. The van der Waals surface area contributed by atoms with Gasteiger partial charge in [-0.25, -0.2) is 0 Å². The van der Waals surface area contributed by atoms with Crippen molar-refractivity contribution in [1.29, 1.82) is 0 Å². The lowest BCUT2D eigenvalue weighted by Crippen LogP contribution is -2.14. The Morgan fingerprint density at radius 3 is 2.33 bits per heavy atom.